The van der Waals surface area contributed by atoms with E-state index in [-0.39, 0.29) is 17.4 Å². The molecule has 0 bridgehead atoms. The maximum absolute atomic E-state index is 12.9. The van der Waals surface area contributed by atoms with E-state index < -0.39 is 0 Å². The number of thiocarbonyl (C=S) groups is 1. The van der Waals surface area contributed by atoms with Crippen molar-refractivity contribution < 1.29 is 15.0 Å². The van der Waals surface area contributed by atoms with E-state index in [1.54, 1.807) is 24.1 Å². The molecule has 1 fully saturated rings. The molecule has 0 spiro atoms. The number of likely N-dealkylation sites (N-methyl/N-ethyl adjacent to an activating group) is 1. The van der Waals surface area contributed by atoms with Gasteiger partial charge in [-0.25, -0.2) is 0 Å². The predicted octanol–water partition coefficient (Wildman–Crippen LogP) is 3.26. The normalized spacial score (nSPS) is 16.2. The molecule has 128 valence electrons. The van der Waals surface area contributed by atoms with Gasteiger partial charge in [-0.3, -0.25) is 9.69 Å². The van der Waals surface area contributed by atoms with Crippen molar-refractivity contribution in [2.75, 3.05) is 11.9 Å². The predicted molar refractivity (Wildman–Crippen MR) is 101 cm³/mol. The summed E-state index contributed by atoms with van der Waals surface area (Å²) in [7, 11) is 1.70. The average Bonchev–Trinajstić information content (AvgIpc) is 2.82. The largest absolute Gasteiger partial charge is 0.504 e. The van der Waals surface area contributed by atoms with Crippen molar-refractivity contribution in [3.63, 3.8) is 0 Å². The molecule has 1 saturated heterocycles. The van der Waals surface area contributed by atoms with E-state index >= 15 is 0 Å². The van der Waals surface area contributed by atoms with Crippen molar-refractivity contribution in [2.45, 2.75) is 13.3 Å². The molecular weight excluding hydrogens is 336 g/mol. The lowest BCUT2D eigenvalue weighted by Crippen LogP contribution is -2.31. The van der Waals surface area contributed by atoms with Crippen LogP contribution in [0.15, 0.2) is 48.2 Å². The van der Waals surface area contributed by atoms with Gasteiger partial charge in [-0.1, -0.05) is 31.2 Å². The Morgan fingerprint density at radius 3 is 2.44 bits per heavy atom. The molecule has 2 aromatic rings. The van der Waals surface area contributed by atoms with Crippen LogP contribution in [-0.4, -0.2) is 33.2 Å². The van der Waals surface area contributed by atoms with Gasteiger partial charge in [0.2, 0.25) is 0 Å². The lowest BCUT2D eigenvalue weighted by molar-refractivity contribution is -0.114. The topological polar surface area (TPSA) is 64.0 Å². The van der Waals surface area contributed by atoms with Crippen molar-refractivity contribution in [3.8, 4) is 11.5 Å². The lowest BCUT2D eigenvalue weighted by atomic mass is 10.1. The number of anilines is 1. The van der Waals surface area contributed by atoms with Crippen molar-refractivity contribution >= 4 is 35.0 Å². The fourth-order valence-corrected chi connectivity index (χ4v) is 2.96. The first-order chi connectivity index (χ1) is 11.9. The Morgan fingerprint density at radius 2 is 1.80 bits per heavy atom. The molecule has 1 heterocycles. The molecule has 0 aromatic heterocycles. The molecule has 1 aliphatic heterocycles. The summed E-state index contributed by atoms with van der Waals surface area (Å²) in [5, 5.41) is 20.0. The first-order valence-corrected chi connectivity index (χ1v) is 8.28. The van der Waals surface area contributed by atoms with Crippen molar-refractivity contribution in [3.05, 3.63) is 59.3 Å². The summed E-state index contributed by atoms with van der Waals surface area (Å²) in [6.45, 7) is 2.07. The number of benzene rings is 2. The van der Waals surface area contributed by atoms with Crippen molar-refractivity contribution in [1.29, 1.82) is 0 Å². The zero-order valence-electron chi connectivity index (χ0n) is 13.9. The molecule has 0 atom stereocenters. The number of aromatic hydroxyl groups is 2. The second-order valence-corrected chi connectivity index (χ2v) is 6.11. The van der Waals surface area contributed by atoms with Crippen LogP contribution >= 0.6 is 12.2 Å². The van der Waals surface area contributed by atoms with E-state index in [1.165, 1.54) is 22.6 Å². The molecule has 5 nitrogen and oxygen atoms in total. The number of carbonyl (C=O) groups excluding carboxylic acids is 1. The van der Waals surface area contributed by atoms with E-state index in [4.69, 9.17) is 12.2 Å². The highest BCUT2D eigenvalue weighted by molar-refractivity contribution is 7.80. The molecule has 0 aliphatic carbocycles. The fourth-order valence-electron chi connectivity index (χ4n) is 2.68. The molecule has 25 heavy (non-hydrogen) atoms. The standard InChI is InChI=1S/C19H18N2O3S/c1-3-12-7-9-14(10-8-12)21-18(24)15(20(2)19(21)25)11-13-5-4-6-16(22)17(13)23/h4-11,22-23H,3H2,1-2H3/b15-11-. The summed E-state index contributed by atoms with van der Waals surface area (Å²) < 4.78 is 0. The van der Waals surface area contributed by atoms with E-state index in [9.17, 15) is 15.0 Å². The van der Waals surface area contributed by atoms with Crippen LogP contribution in [0, 0.1) is 0 Å². The van der Waals surface area contributed by atoms with Crippen LogP contribution in [0.2, 0.25) is 0 Å². The summed E-state index contributed by atoms with van der Waals surface area (Å²) in [4.78, 5) is 15.9. The Kier molecular flexibility index (Phi) is 4.46. The molecule has 6 heteroatoms. The number of rotatable bonds is 3. The minimum Gasteiger partial charge on any atom is -0.504 e. The second-order valence-electron chi connectivity index (χ2n) is 5.75. The van der Waals surface area contributed by atoms with Crippen molar-refractivity contribution in [2.24, 2.45) is 0 Å². The highest BCUT2D eigenvalue weighted by Gasteiger charge is 2.36. The highest BCUT2D eigenvalue weighted by atomic mass is 32.1. The van der Waals surface area contributed by atoms with Gasteiger partial charge in [0.15, 0.2) is 16.6 Å². The van der Waals surface area contributed by atoms with Gasteiger partial charge in [-0.15, -0.1) is 0 Å². The van der Waals surface area contributed by atoms with Gasteiger partial charge in [-0.2, -0.15) is 0 Å². The van der Waals surface area contributed by atoms with E-state index in [2.05, 4.69) is 6.92 Å². The lowest BCUT2D eigenvalue weighted by Gasteiger charge is -2.16. The SMILES string of the molecule is CCc1ccc(N2C(=O)/C(=C/c3cccc(O)c3O)N(C)C2=S)cc1. The summed E-state index contributed by atoms with van der Waals surface area (Å²) >= 11 is 5.41. The first kappa shape index (κ1) is 17.0. The third-order valence-corrected chi connectivity index (χ3v) is 4.66. The fraction of sp³-hybridized carbons (Fsp3) is 0.158. The Hall–Kier alpha value is -2.86. The van der Waals surface area contributed by atoms with Crippen LogP contribution in [0.4, 0.5) is 5.69 Å². The Bertz CT molecular complexity index is 875. The van der Waals surface area contributed by atoms with Gasteiger partial charge in [0, 0.05) is 12.6 Å². The number of amides is 1. The van der Waals surface area contributed by atoms with E-state index in [0.29, 0.717) is 22.1 Å². The molecule has 0 unspecified atom stereocenters. The monoisotopic (exact) mass is 354 g/mol. The Morgan fingerprint density at radius 1 is 1.12 bits per heavy atom. The number of hydrogen-bond donors (Lipinski definition) is 2. The number of carbonyl (C=O) groups is 1. The highest BCUT2D eigenvalue weighted by Crippen LogP contribution is 2.33. The maximum atomic E-state index is 12.9. The Balaban J connectivity index is 2.00. The third-order valence-electron chi connectivity index (χ3n) is 4.20. The van der Waals surface area contributed by atoms with Gasteiger partial charge in [0.05, 0.1) is 5.69 Å². The van der Waals surface area contributed by atoms with Crippen molar-refractivity contribution in [1.82, 2.24) is 4.90 Å². The summed E-state index contributed by atoms with van der Waals surface area (Å²) in [5.41, 5.74) is 2.55. The smallest absolute Gasteiger partial charge is 0.281 e. The van der Waals surface area contributed by atoms with Gasteiger partial charge >= 0.3 is 0 Å². The molecule has 1 aliphatic rings. The minimum absolute atomic E-state index is 0.239. The molecule has 3 rings (SSSR count). The van der Waals surface area contributed by atoms with Gasteiger partial charge in [0.1, 0.15) is 5.70 Å². The number of aryl methyl sites for hydroxylation is 1. The average molecular weight is 354 g/mol. The summed E-state index contributed by atoms with van der Waals surface area (Å²) in [6, 6.07) is 12.3. The maximum Gasteiger partial charge on any atom is 0.281 e. The molecule has 0 radical (unpaired) electrons. The van der Waals surface area contributed by atoms with Crippen LogP contribution in [0.3, 0.4) is 0 Å². The van der Waals surface area contributed by atoms with E-state index in [1.807, 2.05) is 24.3 Å². The van der Waals surface area contributed by atoms with Gasteiger partial charge < -0.3 is 15.1 Å². The molecule has 0 saturated carbocycles. The minimum atomic E-state index is -0.278. The number of para-hydroxylation sites is 1. The molecule has 2 N–H and O–H groups in total. The number of hydrogen-bond acceptors (Lipinski definition) is 4. The third kappa shape index (κ3) is 2.96. The van der Waals surface area contributed by atoms with Crippen LogP contribution in [0.25, 0.3) is 6.08 Å². The number of phenols is 2. The summed E-state index contributed by atoms with van der Waals surface area (Å²) in [6.07, 6.45) is 2.44. The second kappa shape index (κ2) is 6.57. The molecular formula is C19H18N2O3S. The van der Waals surface area contributed by atoms with Gasteiger partial charge in [0.25, 0.3) is 5.91 Å². The first-order valence-electron chi connectivity index (χ1n) is 7.87. The number of nitrogens with zero attached hydrogens (tertiary/aromatic N) is 2. The van der Waals surface area contributed by atoms with Crippen LogP contribution in [0.5, 0.6) is 11.5 Å². The van der Waals surface area contributed by atoms with E-state index in [0.717, 1.165) is 6.42 Å². The Labute approximate surface area is 151 Å². The van der Waals surface area contributed by atoms with Crippen LogP contribution < -0.4 is 4.90 Å². The quantitative estimate of drug-likeness (QED) is 0.503. The van der Waals surface area contributed by atoms with Crippen LogP contribution in [0.1, 0.15) is 18.1 Å². The molecule has 1 amide bonds. The number of phenolic OH excluding ortho intramolecular Hbond substituents is 2. The van der Waals surface area contributed by atoms with Gasteiger partial charge in [-0.05, 0) is 48.5 Å². The van der Waals surface area contributed by atoms with Crippen LogP contribution in [-0.2, 0) is 11.2 Å². The summed E-state index contributed by atoms with van der Waals surface area (Å²) in [5.74, 6) is -0.788. The molecule has 2 aromatic carbocycles. The zero-order chi connectivity index (χ0) is 18.1. The zero-order valence-corrected chi connectivity index (χ0v) is 14.7.